The molecule has 2 bridgehead atoms. The molecule has 0 radical (unpaired) electrons. The van der Waals surface area contributed by atoms with Gasteiger partial charge in [0.1, 0.15) is 5.82 Å². The van der Waals surface area contributed by atoms with Gasteiger partial charge in [0, 0.05) is 29.3 Å². The van der Waals surface area contributed by atoms with Crippen molar-refractivity contribution in [2.45, 2.75) is 62.1 Å². The van der Waals surface area contributed by atoms with Gasteiger partial charge in [0.15, 0.2) is 0 Å². The molecule has 6 nitrogen and oxygen atoms in total. The van der Waals surface area contributed by atoms with Gasteiger partial charge in [0.05, 0.1) is 11.0 Å². The van der Waals surface area contributed by atoms with E-state index >= 15 is 0 Å². The predicted octanol–water partition coefficient (Wildman–Crippen LogP) is 3.78. The number of anilines is 1. The second-order valence-electron chi connectivity index (χ2n) is 8.73. The quantitative estimate of drug-likeness (QED) is 0.761. The number of aromatic carboxylic acids is 1. The van der Waals surface area contributed by atoms with Gasteiger partial charge in [-0.2, -0.15) is 0 Å². The van der Waals surface area contributed by atoms with Crippen molar-refractivity contribution < 1.29 is 14.7 Å². The molecule has 3 atom stereocenters. The van der Waals surface area contributed by atoms with E-state index in [2.05, 4.69) is 15.2 Å². The molecule has 2 aromatic rings. The second-order valence-corrected chi connectivity index (χ2v) is 9.17. The fourth-order valence-corrected chi connectivity index (χ4v) is 5.32. The lowest BCUT2D eigenvalue weighted by molar-refractivity contribution is -0.124. The molecule has 7 heteroatoms. The first-order valence-electron chi connectivity index (χ1n) is 10.5. The first kappa shape index (κ1) is 19.4. The summed E-state index contributed by atoms with van der Waals surface area (Å²) in [7, 11) is 0. The van der Waals surface area contributed by atoms with Crippen LogP contribution in [0.25, 0.3) is 0 Å². The number of carboxylic acid groups (broad SMARTS) is 1. The number of nitrogens with zero attached hydrogens (tertiary/aromatic N) is 2. The Balaban J connectivity index is 1.26. The van der Waals surface area contributed by atoms with Crippen molar-refractivity contribution in [3.63, 3.8) is 0 Å². The molecular weight excluding hydrogens is 402 g/mol. The summed E-state index contributed by atoms with van der Waals surface area (Å²) in [5.74, 6) is -0.00292. The van der Waals surface area contributed by atoms with E-state index in [1.54, 1.807) is 12.1 Å². The third-order valence-corrected chi connectivity index (χ3v) is 7.16. The third-order valence-electron chi connectivity index (χ3n) is 6.91. The number of hydrogen-bond donors (Lipinski definition) is 2. The van der Waals surface area contributed by atoms with Crippen molar-refractivity contribution in [1.82, 2.24) is 10.3 Å². The molecule has 3 heterocycles. The number of carbonyl (C=O) groups is 2. The number of rotatable bonds is 5. The zero-order chi connectivity index (χ0) is 20.9. The van der Waals surface area contributed by atoms with Gasteiger partial charge in [-0.3, -0.25) is 4.79 Å². The van der Waals surface area contributed by atoms with Crippen LogP contribution in [-0.2, 0) is 10.2 Å². The van der Waals surface area contributed by atoms with Crippen molar-refractivity contribution in [3.05, 3.63) is 58.7 Å². The first-order valence-corrected chi connectivity index (χ1v) is 10.9. The monoisotopic (exact) mass is 425 g/mol. The Morgan fingerprint density at radius 2 is 1.73 bits per heavy atom. The van der Waals surface area contributed by atoms with E-state index in [4.69, 9.17) is 16.7 Å². The number of aromatic nitrogens is 1. The smallest absolute Gasteiger partial charge is 0.337 e. The van der Waals surface area contributed by atoms with Crippen molar-refractivity contribution in [3.8, 4) is 0 Å². The summed E-state index contributed by atoms with van der Waals surface area (Å²) in [4.78, 5) is 30.9. The zero-order valence-electron chi connectivity index (χ0n) is 16.6. The van der Waals surface area contributed by atoms with E-state index in [-0.39, 0.29) is 17.5 Å². The molecule has 0 spiro atoms. The highest BCUT2D eigenvalue weighted by Gasteiger charge is 2.52. The van der Waals surface area contributed by atoms with Gasteiger partial charge in [-0.25, -0.2) is 9.78 Å². The number of piperidine rings is 1. The first-order chi connectivity index (χ1) is 14.5. The molecule has 1 aliphatic carbocycles. The summed E-state index contributed by atoms with van der Waals surface area (Å²) < 4.78 is 0. The van der Waals surface area contributed by atoms with E-state index in [1.165, 1.54) is 6.20 Å². The number of carboxylic acids is 1. The summed E-state index contributed by atoms with van der Waals surface area (Å²) >= 11 is 6.01. The Bertz CT molecular complexity index is 958. The van der Waals surface area contributed by atoms with Gasteiger partial charge in [-0.15, -0.1) is 0 Å². The third kappa shape index (κ3) is 3.33. The maximum atomic E-state index is 13.1. The number of amides is 1. The average molecular weight is 426 g/mol. The van der Waals surface area contributed by atoms with E-state index < -0.39 is 11.4 Å². The van der Waals surface area contributed by atoms with Gasteiger partial charge in [0.2, 0.25) is 5.91 Å². The number of pyridine rings is 1. The molecule has 5 rings (SSSR count). The number of benzene rings is 1. The predicted molar refractivity (Wildman–Crippen MR) is 114 cm³/mol. The number of halogens is 1. The molecule has 30 heavy (non-hydrogen) atoms. The molecule has 1 unspecified atom stereocenters. The lowest BCUT2D eigenvalue weighted by atomic mass is 9.92. The highest BCUT2D eigenvalue weighted by molar-refractivity contribution is 6.30. The minimum atomic E-state index is -0.965. The van der Waals surface area contributed by atoms with Crippen LogP contribution in [0.1, 0.15) is 54.4 Å². The van der Waals surface area contributed by atoms with Gasteiger partial charge in [-0.05, 0) is 68.4 Å². The summed E-state index contributed by atoms with van der Waals surface area (Å²) in [5, 5.41) is 13.1. The lowest BCUT2D eigenvalue weighted by Gasteiger charge is -2.40. The van der Waals surface area contributed by atoms with Crippen molar-refractivity contribution in [2.75, 3.05) is 4.90 Å². The standard InChI is InChI=1S/C23H24ClN3O3/c24-16-4-2-15(3-5-16)23(9-10-23)22(30)26-17-11-18-6-7-19(12-17)27(18)20-8-1-14(13-25-20)21(28)29/h1-5,8,13,17-19H,6-7,9-12H2,(H,26,30)(H,28,29)/t17?,18-,19+. The van der Waals surface area contributed by atoms with Crippen LogP contribution in [0, 0.1) is 0 Å². The lowest BCUT2D eigenvalue weighted by Crippen LogP contribution is -2.52. The minimum absolute atomic E-state index is 0.131. The van der Waals surface area contributed by atoms with E-state index in [0.29, 0.717) is 17.1 Å². The van der Waals surface area contributed by atoms with Gasteiger partial charge < -0.3 is 15.3 Å². The number of hydrogen-bond acceptors (Lipinski definition) is 4. The number of carbonyl (C=O) groups excluding carboxylic acids is 1. The average Bonchev–Trinajstić information content (AvgIpc) is 3.50. The molecule has 2 aliphatic heterocycles. The molecule has 1 aromatic heterocycles. The van der Waals surface area contributed by atoms with Gasteiger partial charge >= 0.3 is 5.97 Å². The number of nitrogens with one attached hydrogen (secondary N) is 1. The minimum Gasteiger partial charge on any atom is -0.478 e. The Kier molecular flexibility index (Phi) is 4.69. The Morgan fingerprint density at radius 1 is 1.07 bits per heavy atom. The highest BCUT2D eigenvalue weighted by Crippen LogP contribution is 2.49. The summed E-state index contributed by atoms with van der Waals surface area (Å²) in [5.41, 5.74) is 0.854. The molecule has 1 amide bonds. The molecule has 2 N–H and O–H groups in total. The Hall–Kier alpha value is -2.60. The fourth-order valence-electron chi connectivity index (χ4n) is 5.20. The number of fused-ring (bicyclic) bond motifs is 2. The topological polar surface area (TPSA) is 82.5 Å². The maximum absolute atomic E-state index is 13.1. The van der Waals surface area contributed by atoms with Gasteiger partial charge in [0.25, 0.3) is 0 Å². The molecule has 3 aliphatic rings. The zero-order valence-corrected chi connectivity index (χ0v) is 17.3. The van der Waals surface area contributed by atoms with Crippen LogP contribution in [0.3, 0.4) is 0 Å². The Labute approximate surface area is 180 Å². The fraction of sp³-hybridized carbons (Fsp3) is 0.435. The summed E-state index contributed by atoms with van der Waals surface area (Å²) in [6, 6.07) is 11.9. The van der Waals surface area contributed by atoms with Crippen LogP contribution in [-0.4, -0.2) is 40.1 Å². The molecule has 1 saturated carbocycles. The summed E-state index contributed by atoms with van der Waals surface area (Å²) in [6.45, 7) is 0. The SMILES string of the molecule is O=C(O)c1ccc(N2[C@@H]3CC[C@H]2CC(NC(=O)C2(c4ccc(Cl)cc4)CC2)C3)nc1. The van der Waals surface area contributed by atoms with E-state index in [0.717, 1.165) is 49.9 Å². The van der Waals surface area contributed by atoms with Gasteiger partial charge in [-0.1, -0.05) is 23.7 Å². The van der Waals surface area contributed by atoms with Crippen molar-refractivity contribution in [1.29, 1.82) is 0 Å². The second kappa shape index (κ2) is 7.27. The van der Waals surface area contributed by atoms with Crippen molar-refractivity contribution >= 4 is 29.3 Å². The van der Waals surface area contributed by atoms with Crippen LogP contribution >= 0.6 is 11.6 Å². The van der Waals surface area contributed by atoms with Crippen LogP contribution < -0.4 is 10.2 Å². The largest absolute Gasteiger partial charge is 0.478 e. The van der Waals surface area contributed by atoms with E-state index in [9.17, 15) is 9.59 Å². The highest BCUT2D eigenvalue weighted by atomic mass is 35.5. The van der Waals surface area contributed by atoms with Crippen LogP contribution in [0.15, 0.2) is 42.6 Å². The normalized spacial score (nSPS) is 26.3. The Morgan fingerprint density at radius 3 is 2.27 bits per heavy atom. The molecule has 156 valence electrons. The molecule has 2 saturated heterocycles. The molecular formula is C23H24ClN3O3. The van der Waals surface area contributed by atoms with Crippen molar-refractivity contribution in [2.24, 2.45) is 0 Å². The van der Waals surface area contributed by atoms with Crippen LogP contribution in [0.4, 0.5) is 5.82 Å². The molecule has 3 fully saturated rings. The van der Waals surface area contributed by atoms with Crippen LogP contribution in [0.2, 0.25) is 5.02 Å². The van der Waals surface area contributed by atoms with Crippen LogP contribution in [0.5, 0.6) is 0 Å². The van der Waals surface area contributed by atoms with E-state index in [1.807, 2.05) is 24.3 Å². The molecule has 1 aromatic carbocycles. The summed E-state index contributed by atoms with van der Waals surface area (Å²) in [6.07, 6.45) is 7.11. The maximum Gasteiger partial charge on any atom is 0.337 e.